The van der Waals surface area contributed by atoms with Gasteiger partial charge in [-0.3, -0.25) is 4.79 Å². The van der Waals surface area contributed by atoms with Crippen molar-refractivity contribution in [3.8, 4) is 0 Å². The third-order valence-electron chi connectivity index (χ3n) is 1.28. The minimum atomic E-state index is -0.486. The zero-order valence-corrected chi connectivity index (χ0v) is 9.61. The number of carbonyl (C=O) groups is 1. The molecule has 0 bridgehead atoms. The van der Waals surface area contributed by atoms with Crippen LogP contribution in [0.5, 0.6) is 0 Å². The predicted octanol–water partition coefficient (Wildman–Crippen LogP) is 1.78. The molecule has 0 aliphatic rings. The SMILES string of the molecule is COC(=O)C(I)c1ncc(Cl)cn1. The maximum atomic E-state index is 11.1. The molecule has 0 amide bonds. The van der Waals surface area contributed by atoms with Gasteiger partial charge < -0.3 is 4.74 Å². The monoisotopic (exact) mass is 312 g/mol. The standard InChI is InChI=1S/C7H6ClIN2O2/c1-13-7(12)5(9)6-10-2-4(8)3-11-6/h2-3,5H,1H3. The number of hydrogen-bond acceptors (Lipinski definition) is 4. The van der Waals surface area contributed by atoms with Gasteiger partial charge in [-0.2, -0.15) is 0 Å². The van der Waals surface area contributed by atoms with E-state index in [2.05, 4.69) is 14.7 Å². The lowest BCUT2D eigenvalue weighted by atomic mass is 10.4. The maximum Gasteiger partial charge on any atom is 0.326 e. The molecule has 0 saturated carbocycles. The molecular weight excluding hydrogens is 306 g/mol. The lowest BCUT2D eigenvalue weighted by Crippen LogP contribution is -2.10. The van der Waals surface area contributed by atoms with E-state index in [0.717, 1.165) is 0 Å². The lowest BCUT2D eigenvalue weighted by molar-refractivity contribution is -0.139. The quantitative estimate of drug-likeness (QED) is 0.474. The number of methoxy groups -OCH3 is 1. The Labute approximate surface area is 93.8 Å². The third-order valence-corrected chi connectivity index (χ3v) is 2.54. The minimum Gasteiger partial charge on any atom is -0.468 e. The predicted molar refractivity (Wildman–Crippen MR) is 55.8 cm³/mol. The van der Waals surface area contributed by atoms with Crippen molar-refractivity contribution < 1.29 is 9.53 Å². The summed E-state index contributed by atoms with van der Waals surface area (Å²) in [7, 11) is 1.32. The number of hydrogen-bond donors (Lipinski definition) is 0. The van der Waals surface area contributed by atoms with E-state index in [4.69, 9.17) is 11.6 Å². The van der Waals surface area contributed by atoms with Crippen LogP contribution in [0.3, 0.4) is 0 Å². The molecule has 0 aromatic carbocycles. The van der Waals surface area contributed by atoms with Crippen molar-refractivity contribution >= 4 is 40.2 Å². The van der Waals surface area contributed by atoms with Crippen molar-refractivity contribution in [2.75, 3.05) is 7.11 Å². The van der Waals surface area contributed by atoms with Crippen molar-refractivity contribution in [1.82, 2.24) is 9.97 Å². The van der Waals surface area contributed by atoms with Crippen molar-refractivity contribution in [3.05, 3.63) is 23.2 Å². The molecule has 1 rings (SSSR count). The van der Waals surface area contributed by atoms with E-state index in [1.165, 1.54) is 19.5 Å². The Morgan fingerprint density at radius 1 is 1.62 bits per heavy atom. The molecule has 0 fully saturated rings. The van der Waals surface area contributed by atoms with Gasteiger partial charge in [-0.1, -0.05) is 34.2 Å². The Bertz CT molecular complexity index is 304. The summed E-state index contributed by atoms with van der Waals surface area (Å²) >= 11 is 7.49. The highest BCUT2D eigenvalue weighted by molar-refractivity contribution is 14.1. The first-order valence-corrected chi connectivity index (χ1v) is 4.97. The van der Waals surface area contributed by atoms with Crippen LogP contribution in [-0.2, 0) is 9.53 Å². The summed E-state index contributed by atoms with van der Waals surface area (Å²) in [5, 5.41) is 0.442. The third kappa shape index (κ3) is 2.77. The molecule has 0 saturated heterocycles. The van der Waals surface area contributed by atoms with Gasteiger partial charge in [0.1, 0.15) is 0 Å². The van der Waals surface area contributed by atoms with Gasteiger partial charge in [-0.25, -0.2) is 9.97 Å². The summed E-state index contributed by atoms with van der Waals surface area (Å²) in [6, 6.07) is 0. The number of alkyl halides is 1. The van der Waals surface area contributed by atoms with Gasteiger partial charge in [-0.15, -0.1) is 0 Å². The summed E-state index contributed by atoms with van der Waals surface area (Å²) in [5.41, 5.74) is 0. The second-order valence-electron chi connectivity index (χ2n) is 2.15. The molecule has 1 aromatic heterocycles. The Morgan fingerprint density at radius 2 is 2.15 bits per heavy atom. The fourth-order valence-electron chi connectivity index (χ4n) is 0.662. The van der Waals surface area contributed by atoms with Gasteiger partial charge in [0.15, 0.2) is 9.75 Å². The van der Waals surface area contributed by atoms with Gasteiger partial charge in [0.05, 0.1) is 12.1 Å². The number of rotatable bonds is 2. The molecule has 1 unspecified atom stereocenters. The normalized spacial score (nSPS) is 12.2. The molecule has 70 valence electrons. The molecule has 6 heteroatoms. The molecule has 4 nitrogen and oxygen atoms in total. The zero-order valence-electron chi connectivity index (χ0n) is 6.70. The molecular formula is C7H6ClIN2O2. The Kier molecular flexibility index (Phi) is 3.86. The summed E-state index contributed by atoms with van der Waals surface area (Å²) in [6.45, 7) is 0. The molecule has 1 atom stereocenters. The zero-order chi connectivity index (χ0) is 9.84. The molecule has 0 spiro atoms. The average molecular weight is 312 g/mol. The van der Waals surface area contributed by atoms with Gasteiger partial charge in [-0.05, 0) is 0 Å². The molecule has 0 aliphatic heterocycles. The van der Waals surface area contributed by atoms with Crippen molar-refractivity contribution in [2.45, 2.75) is 3.92 Å². The molecule has 1 heterocycles. The van der Waals surface area contributed by atoms with Gasteiger partial charge in [0.2, 0.25) is 0 Å². The number of ether oxygens (including phenoxy) is 1. The van der Waals surface area contributed by atoms with E-state index in [1.807, 2.05) is 22.6 Å². The minimum absolute atomic E-state index is 0.372. The van der Waals surface area contributed by atoms with Crippen molar-refractivity contribution in [3.63, 3.8) is 0 Å². The maximum absolute atomic E-state index is 11.1. The van der Waals surface area contributed by atoms with E-state index in [9.17, 15) is 4.79 Å². The number of carbonyl (C=O) groups excluding carboxylic acids is 1. The van der Waals surface area contributed by atoms with E-state index in [-0.39, 0.29) is 5.97 Å². The van der Waals surface area contributed by atoms with Crippen LogP contribution in [0.2, 0.25) is 5.02 Å². The molecule has 1 aromatic rings. The van der Waals surface area contributed by atoms with Crippen LogP contribution in [-0.4, -0.2) is 23.0 Å². The van der Waals surface area contributed by atoms with Crippen LogP contribution in [0, 0.1) is 0 Å². The van der Waals surface area contributed by atoms with Crippen LogP contribution in [0.1, 0.15) is 9.75 Å². The lowest BCUT2D eigenvalue weighted by Gasteiger charge is -2.04. The Balaban J connectivity index is 2.83. The molecule has 0 radical (unpaired) electrons. The second kappa shape index (κ2) is 4.71. The first-order valence-electron chi connectivity index (χ1n) is 3.34. The van der Waals surface area contributed by atoms with Crippen molar-refractivity contribution in [1.29, 1.82) is 0 Å². The summed E-state index contributed by atoms with van der Waals surface area (Å²) in [5.74, 6) is 0.0276. The topological polar surface area (TPSA) is 52.1 Å². The van der Waals surface area contributed by atoms with Crippen LogP contribution in [0.15, 0.2) is 12.4 Å². The van der Waals surface area contributed by atoms with Crippen LogP contribution in [0.4, 0.5) is 0 Å². The van der Waals surface area contributed by atoms with Crippen LogP contribution in [0.25, 0.3) is 0 Å². The first kappa shape index (κ1) is 10.6. The largest absolute Gasteiger partial charge is 0.468 e. The highest BCUT2D eigenvalue weighted by atomic mass is 127. The highest BCUT2D eigenvalue weighted by Gasteiger charge is 2.19. The molecule has 0 N–H and O–H groups in total. The Hall–Kier alpha value is -0.430. The number of aromatic nitrogens is 2. The summed E-state index contributed by atoms with van der Waals surface area (Å²) in [4.78, 5) is 18.8. The summed E-state index contributed by atoms with van der Waals surface area (Å²) in [6.07, 6.45) is 2.89. The van der Waals surface area contributed by atoms with E-state index in [0.29, 0.717) is 10.8 Å². The van der Waals surface area contributed by atoms with E-state index in [1.54, 1.807) is 0 Å². The van der Waals surface area contributed by atoms with Gasteiger partial charge in [0, 0.05) is 12.4 Å². The fourth-order valence-corrected chi connectivity index (χ4v) is 1.34. The molecule has 0 aliphatic carbocycles. The first-order chi connectivity index (χ1) is 6.15. The van der Waals surface area contributed by atoms with Gasteiger partial charge >= 0.3 is 5.97 Å². The van der Waals surface area contributed by atoms with Crippen LogP contribution >= 0.6 is 34.2 Å². The van der Waals surface area contributed by atoms with E-state index >= 15 is 0 Å². The highest BCUT2D eigenvalue weighted by Crippen LogP contribution is 2.21. The number of halogens is 2. The van der Waals surface area contributed by atoms with Gasteiger partial charge in [0.25, 0.3) is 0 Å². The smallest absolute Gasteiger partial charge is 0.326 e. The second-order valence-corrected chi connectivity index (χ2v) is 3.83. The number of nitrogens with zero attached hydrogens (tertiary/aromatic N) is 2. The summed E-state index contributed by atoms with van der Waals surface area (Å²) < 4.78 is 4.05. The average Bonchev–Trinajstić information content (AvgIpc) is 2.17. The van der Waals surface area contributed by atoms with Crippen molar-refractivity contribution in [2.24, 2.45) is 0 Å². The Morgan fingerprint density at radius 3 is 2.62 bits per heavy atom. The molecule has 13 heavy (non-hydrogen) atoms. The van der Waals surface area contributed by atoms with E-state index < -0.39 is 3.92 Å². The fraction of sp³-hybridized carbons (Fsp3) is 0.286. The van der Waals surface area contributed by atoms with Crippen LogP contribution < -0.4 is 0 Å². The number of esters is 1.